The van der Waals surface area contributed by atoms with Gasteiger partial charge in [-0.25, -0.2) is 13.4 Å². The maximum absolute atomic E-state index is 12.2. The van der Waals surface area contributed by atoms with Crippen molar-refractivity contribution < 1.29 is 8.42 Å². The molecule has 2 rings (SSSR count). The number of rotatable bonds is 3. The van der Waals surface area contributed by atoms with Gasteiger partial charge in [0.25, 0.3) is 0 Å². The molecule has 1 aliphatic rings. The van der Waals surface area contributed by atoms with E-state index in [0.29, 0.717) is 18.8 Å². The first kappa shape index (κ1) is 13.3. The Bertz CT molecular complexity index is 502. The number of nitrogens with zero attached hydrogens (tertiary/aromatic N) is 1. The highest BCUT2D eigenvalue weighted by Crippen LogP contribution is 2.16. The second-order valence-corrected chi connectivity index (χ2v) is 6.75. The van der Waals surface area contributed by atoms with Crippen LogP contribution in [0, 0.1) is 13.8 Å². The Kier molecular flexibility index (Phi) is 3.87. The Morgan fingerprint density at radius 2 is 2.17 bits per heavy atom. The molecule has 0 aromatic carbocycles. The SMILES string of the molecule is Cc1cc(C)nc(NS(=O)(=O)C2CCCNC2)c1. The largest absolute Gasteiger partial charge is 0.315 e. The molecular formula is C12H19N3O2S. The number of anilines is 1. The summed E-state index contributed by atoms with van der Waals surface area (Å²) in [5, 5.41) is 2.74. The van der Waals surface area contributed by atoms with Crippen LogP contribution < -0.4 is 10.0 Å². The fraction of sp³-hybridized carbons (Fsp3) is 0.583. The topological polar surface area (TPSA) is 71.1 Å². The molecule has 1 aromatic rings. The van der Waals surface area contributed by atoms with E-state index in [2.05, 4.69) is 15.0 Å². The number of hydrogen-bond donors (Lipinski definition) is 2. The van der Waals surface area contributed by atoms with Crippen molar-refractivity contribution in [3.8, 4) is 0 Å². The minimum Gasteiger partial charge on any atom is -0.315 e. The van der Waals surface area contributed by atoms with Gasteiger partial charge in [0.1, 0.15) is 5.82 Å². The van der Waals surface area contributed by atoms with Crippen LogP contribution in [0.2, 0.25) is 0 Å². The first-order valence-corrected chi connectivity index (χ1v) is 7.69. The van der Waals surface area contributed by atoms with E-state index in [0.717, 1.165) is 24.2 Å². The molecule has 5 nitrogen and oxygen atoms in total. The van der Waals surface area contributed by atoms with Crippen molar-refractivity contribution in [3.63, 3.8) is 0 Å². The zero-order chi connectivity index (χ0) is 13.2. The second-order valence-electron chi connectivity index (χ2n) is 4.79. The van der Waals surface area contributed by atoms with Crippen LogP contribution in [-0.4, -0.2) is 31.7 Å². The first-order chi connectivity index (χ1) is 8.47. The van der Waals surface area contributed by atoms with E-state index < -0.39 is 10.0 Å². The third kappa shape index (κ3) is 3.20. The van der Waals surface area contributed by atoms with Crippen LogP contribution in [0.15, 0.2) is 12.1 Å². The molecule has 1 aliphatic heterocycles. The summed E-state index contributed by atoms with van der Waals surface area (Å²) in [5.41, 5.74) is 1.82. The molecule has 0 amide bonds. The summed E-state index contributed by atoms with van der Waals surface area (Å²) < 4.78 is 27.0. The maximum atomic E-state index is 12.2. The predicted octanol–water partition coefficient (Wildman–Crippen LogP) is 1.19. The zero-order valence-electron chi connectivity index (χ0n) is 10.7. The Morgan fingerprint density at radius 1 is 1.39 bits per heavy atom. The molecule has 18 heavy (non-hydrogen) atoms. The van der Waals surface area contributed by atoms with Gasteiger partial charge in [0, 0.05) is 12.2 Å². The van der Waals surface area contributed by atoms with Crippen LogP contribution in [0.25, 0.3) is 0 Å². The molecule has 1 aromatic heterocycles. The van der Waals surface area contributed by atoms with Gasteiger partial charge >= 0.3 is 0 Å². The third-order valence-electron chi connectivity index (χ3n) is 3.04. The summed E-state index contributed by atoms with van der Waals surface area (Å²) >= 11 is 0. The van der Waals surface area contributed by atoms with Gasteiger partial charge in [0.2, 0.25) is 10.0 Å². The molecule has 2 N–H and O–H groups in total. The van der Waals surface area contributed by atoms with Crippen LogP contribution in [0.1, 0.15) is 24.1 Å². The van der Waals surface area contributed by atoms with Crippen molar-refractivity contribution in [2.45, 2.75) is 31.9 Å². The normalized spacial score (nSPS) is 20.7. The minimum atomic E-state index is -3.34. The first-order valence-electron chi connectivity index (χ1n) is 6.15. The van der Waals surface area contributed by atoms with Crippen LogP contribution in [0.3, 0.4) is 0 Å². The van der Waals surface area contributed by atoms with Crippen LogP contribution in [0.5, 0.6) is 0 Å². The zero-order valence-corrected chi connectivity index (χ0v) is 11.5. The molecule has 6 heteroatoms. The van der Waals surface area contributed by atoms with Crippen LogP contribution >= 0.6 is 0 Å². The van der Waals surface area contributed by atoms with E-state index in [-0.39, 0.29) is 5.25 Å². The quantitative estimate of drug-likeness (QED) is 0.864. The van der Waals surface area contributed by atoms with Gasteiger partial charge in [-0.2, -0.15) is 0 Å². The molecule has 1 atom stereocenters. The molecule has 0 radical (unpaired) electrons. The Balaban J connectivity index is 2.16. The third-order valence-corrected chi connectivity index (χ3v) is 4.81. The number of hydrogen-bond acceptors (Lipinski definition) is 4. The van der Waals surface area contributed by atoms with Gasteiger partial charge in [0.05, 0.1) is 5.25 Å². The standard InChI is InChI=1S/C12H19N3O2S/c1-9-6-10(2)14-12(7-9)15-18(16,17)11-4-3-5-13-8-11/h6-7,11,13H,3-5,8H2,1-2H3,(H,14,15). The highest BCUT2D eigenvalue weighted by atomic mass is 32.2. The fourth-order valence-corrected chi connectivity index (χ4v) is 3.58. The lowest BCUT2D eigenvalue weighted by Gasteiger charge is -2.23. The van der Waals surface area contributed by atoms with Crippen molar-refractivity contribution in [3.05, 3.63) is 23.4 Å². The summed E-state index contributed by atoms with van der Waals surface area (Å²) in [5.74, 6) is 0.415. The Hall–Kier alpha value is -1.14. The lowest BCUT2D eigenvalue weighted by atomic mass is 10.2. The Morgan fingerprint density at radius 3 is 2.78 bits per heavy atom. The van der Waals surface area contributed by atoms with Gasteiger partial charge in [-0.15, -0.1) is 0 Å². The summed E-state index contributed by atoms with van der Waals surface area (Å²) in [4.78, 5) is 4.20. The lowest BCUT2D eigenvalue weighted by molar-refractivity contribution is 0.499. The monoisotopic (exact) mass is 269 g/mol. The number of piperidine rings is 1. The molecule has 0 aliphatic carbocycles. The molecule has 0 bridgehead atoms. The van der Waals surface area contributed by atoms with Crippen molar-refractivity contribution in [1.82, 2.24) is 10.3 Å². The molecule has 2 heterocycles. The van der Waals surface area contributed by atoms with Gasteiger partial charge in [-0.3, -0.25) is 4.72 Å². The molecule has 1 unspecified atom stereocenters. The van der Waals surface area contributed by atoms with Crippen molar-refractivity contribution in [1.29, 1.82) is 0 Å². The number of aromatic nitrogens is 1. The van der Waals surface area contributed by atoms with Crippen molar-refractivity contribution in [2.75, 3.05) is 17.8 Å². The predicted molar refractivity (Wildman–Crippen MR) is 72.1 cm³/mol. The second kappa shape index (κ2) is 5.24. The number of aryl methyl sites for hydroxylation is 2. The van der Waals surface area contributed by atoms with Gasteiger partial charge in [0.15, 0.2) is 0 Å². The Labute approximate surface area is 108 Å². The molecular weight excluding hydrogens is 250 g/mol. The minimum absolute atomic E-state index is 0.367. The van der Waals surface area contributed by atoms with Crippen molar-refractivity contribution >= 4 is 15.8 Å². The van der Waals surface area contributed by atoms with E-state index >= 15 is 0 Å². The molecule has 1 saturated heterocycles. The number of sulfonamides is 1. The molecule has 0 saturated carbocycles. The highest BCUT2D eigenvalue weighted by Gasteiger charge is 2.27. The van der Waals surface area contributed by atoms with Crippen LogP contribution in [-0.2, 0) is 10.0 Å². The average molecular weight is 269 g/mol. The molecule has 0 spiro atoms. The van der Waals surface area contributed by atoms with E-state index in [4.69, 9.17) is 0 Å². The van der Waals surface area contributed by atoms with E-state index in [9.17, 15) is 8.42 Å². The van der Waals surface area contributed by atoms with Gasteiger partial charge < -0.3 is 5.32 Å². The van der Waals surface area contributed by atoms with Crippen LogP contribution in [0.4, 0.5) is 5.82 Å². The summed E-state index contributed by atoms with van der Waals surface area (Å²) in [7, 11) is -3.34. The van der Waals surface area contributed by atoms with E-state index in [1.165, 1.54) is 0 Å². The fourth-order valence-electron chi connectivity index (χ4n) is 2.21. The average Bonchev–Trinajstić information content (AvgIpc) is 2.28. The van der Waals surface area contributed by atoms with E-state index in [1.54, 1.807) is 6.07 Å². The maximum Gasteiger partial charge on any atom is 0.238 e. The summed E-state index contributed by atoms with van der Waals surface area (Å²) in [6.45, 7) is 5.19. The summed E-state index contributed by atoms with van der Waals surface area (Å²) in [6, 6.07) is 3.67. The summed E-state index contributed by atoms with van der Waals surface area (Å²) in [6.07, 6.45) is 1.60. The number of nitrogens with one attached hydrogen (secondary N) is 2. The van der Waals surface area contributed by atoms with Crippen molar-refractivity contribution in [2.24, 2.45) is 0 Å². The van der Waals surface area contributed by atoms with Gasteiger partial charge in [-0.05, 0) is 50.9 Å². The number of pyridine rings is 1. The molecule has 1 fully saturated rings. The van der Waals surface area contributed by atoms with E-state index in [1.807, 2.05) is 19.9 Å². The molecule has 100 valence electrons. The lowest BCUT2D eigenvalue weighted by Crippen LogP contribution is -2.41. The highest BCUT2D eigenvalue weighted by molar-refractivity contribution is 7.93. The van der Waals surface area contributed by atoms with Gasteiger partial charge in [-0.1, -0.05) is 0 Å². The smallest absolute Gasteiger partial charge is 0.238 e.